The number of carbonyl (C=O) groups excluding carboxylic acids is 1. The van der Waals surface area contributed by atoms with E-state index in [0.717, 1.165) is 10.8 Å². The van der Waals surface area contributed by atoms with Crippen molar-refractivity contribution in [3.05, 3.63) is 113 Å². The van der Waals surface area contributed by atoms with Crippen LogP contribution in [-0.4, -0.2) is 17.0 Å². The summed E-state index contributed by atoms with van der Waals surface area (Å²) in [5.41, 5.74) is 1.76. The molecule has 2 N–H and O–H groups in total. The second-order valence-electron chi connectivity index (χ2n) is 7.50. The molecule has 0 aliphatic carbocycles. The van der Waals surface area contributed by atoms with Crippen LogP contribution in [0.25, 0.3) is 32.9 Å². The summed E-state index contributed by atoms with van der Waals surface area (Å²) in [6.45, 7) is 0. The van der Waals surface area contributed by atoms with Crippen molar-refractivity contribution < 1.29 is 19.1 Å². The molecule has 6 nitrogen and oxygen atoms in total. The molecule has 0 fully saturated rings. The van der Waals surface area contributed by atoms with Gasteiger partial charge in [0.2, 0.25) is 0 Å². The van der Waals surface area contributed by atoms with Gasteiger partial charge in [-0.15, -0.1) is 0 Å². The first-order valence-electron chi connectivity index (χ1n) is 10.2. The van der Waals surface area contributed by atoms with E-state index in [-0.39, 0.29) is 5.56 Å². The molecule has 0 aliphatic heterocycles. The molecular formula is C27H17NO5. The molecule has 0 saturated heterocycles. The number of carboxylic acid groups (broad SMARTS) is 1. The van der Waals surface area contributed by atoms with Gasteiger partial charge in [0.25, 0.3) is 5.91 Å². The van der Waals surface area contributed by atoms with E-state index in [2.05, 4.69) is 5.32 Å². The number of aromatic carboxylic acids is 1. The number of carbonyl (C=O) groups is 2. The number of nitrogens with one attached hydrogen (secondary N) is 1. The number of rotatable bonds is 4. The molecule has 1 heterocycles. The number of hydrogen-bond donors (Lipinski definition) is 2. The normalized spacial score (nSPS) is 10.9. The van der Waals surface area contributed by atoms with E-state index in [4.69, 9.17) is 4.42 Å². The quantitative estimate of drug-likeness (QED) is 0.284. The van der Waals surface area contributed by atoms with Crippen molar-refractivity contribution >= 4 is 39.3 Å². The highest BCUT2D eigenvalue weighted by atomic mass is 16.4. The molecule has 0 bridgehead atoms. The van der Waals surface area contributed by atoms with Gasteiger partial charge in [-0.2, -0.15) is 0 Å². The summed E-state index contributed by atoms with van der Waals surface area (Å²) in [5.74, 6) is -1.48. The molecule has 5 aromatic rings. The lowest BCUT2D eigenvalue weighted by molar-refractivity contribution is 0.0697. The molecule has 0 unspecified atom stereocenters. The third kappa shape index (κ3) is 3.64. The van der Waals surface area contributed by atoms with E-state index in [0.29, 0.717) is 33.3 Å². The van der Waals surface area contributed by atoms with Crippen LogP contribution in [0.1, 0.15) is 20.7 Å². The topological polar surface area (TPSA) is 96.6 Å². The van der Waals surface area contributed by atoms with Crippen LogP contribution in [-0.2, 0) is 0 Å². The Balaban J connectivity index is 1.54. The number of benzene rings is 4. The lowest BCUT2D eigenvalue weighted by atomic mass is 9.95. The Kier molecular flexibility index (Phi) is 4.95. The van der Waals surface area contributed by atoms with Crippen LogP contribution >= 0.6 is 0 Å². The van der Waals surface area contributed by atoms with E-state index in [1.807, 2.05) is 12.1 Å². The van der Waals surface area contributed by atoms with Crippen molar-refractivity contribution in [1.29, 1.82) is 0 Å². The van der Waals surface area contributed by atoms with Gasteiger partial charge in [0.1, 0.15) is 5.58 Å². The lowest BCUT2D eigenvalue weighted by Crippen LogP contribution is -2.14. The molecule has 33 heavy (non-hydrogen) atoms. The second-order valence-corrected chi connectivity index (χ2v) is 7.50. The Labute approximate surface area is 187 Å². The molecular weight excluding hydrogens is 418 g/mol. The standard InChI is InChI=1S/C27H17NO5/c29-25(21-10-4-1-7-17(21)18-8-2-5-11-22(18)26(30)31)28-16-13-14-20-19-9-3-6-12-23(19)27(32)33-24(20)15-16/h1-15H,(H,28,29)(H,30,31). The minimum Gasteiger partial charge on any atom is -0.478 e. The van der Waals surface area contributed by atoms with Gasteiger partial charge in [-0.3, -0.25) is 4.79 Å². The zero-order valence-corrected chi connectivity index (χ0v) is 17.2. The van der Waals surface area contributed by atoms with Crippen molar-refractivity contribution in [1.82, 2.24) is 0 Å². The second kappa shape index (κ2) is 8.09. The van der Waals surface area contributed by atoms with Crippen molar-refractivity contribution in [2.24, 2.45) is 0 Å². The van der Waals surface area contributed by atoms with Crippen LogP contribution in [0.3, 0.4) is 0 Å². The zero-order chi connectivity index (χ0) is 22.9. The Morgan fingerprint density at radius 1 is 0.697 bits per heavy atom. The van der Waals surface area contributed by atoms with Crippen LogP contribution in [0.2, 0.25) is 0 Å². The smallest absolute Gasteiger partial charge is 0.344 e. The first-order valence-corrected chi connectivity index (χ1v) is 10.2. The van der Waals surface area contributed by atoms with Crippen molar-refractivity contribution in [3.63, 3.8) is 0 Å². The Morgan fingerprint density at radius 3 is 2.03 bits per heavy atom. The van der Waals surface area contributed by atoms with E-state index >= 15 is 0 Å². The third-order valence-corrected chi connectivity index (χ3v) is 5.50. The summed E-state index contributed by atoms with van der Waals surface area (Å²) in [6, 6.07) is 25.7. The highest BCUT2D eigenvalue weighted by Crippen LogP contribution is 2.29. The third-order valence-electron chi connectivity index (χ3n) is 5.50. The van der Waals surface area contributed by atoms with Crippen molar-refractivity contribution in [2.75, 3.05) is 5.32 Å². The maximum atomic E-state index is 13.2. The summed E-state index contributed by atoms with van der Waals surface area (Å²) >= 11 is 0. The van der Waals surface area contributed by atoms with Gasteiger partial charge < -0.3 is 14.8 Å². The summed E-state index contributed by atoms with van der Waals surface area (Å²) < 4.78 is 5.47. The highest BCUT2D eigenvalue weighted by molar-refractivity contribution is 6.11. The van der Waals surface area contributed by atoms with Gasteiger partial charge in [-0.25, -0.2) is 9.59 Å². The maximum absolute atomic E-state index is 13.2. The molecule has 5 rings (SSSR count). The molecule has 4 aromatic carbocycles. The van der Waals surface area contributed by atoms with Crippen molar-refractivity contribution in [3.8, 4) is 11.1 Å². The summed E-state index contributed by atoms with van der Waals surface area (Å²) in [6.07, 6.45) is 0. The summed E-state index contributed by atoms with van der Waals surface area (Å²) in [7, 11) is 0. The molecule has 6 heteroatoms. The Hall–Kier alpha value is -4.71. The van der Waals surface area contributed by atoms with Gasteiger partial charge in [0, 0.05) is 22.7 Å². The van der Waals surface area contributed by atoms with Crippen LogP contribution in [0, 0.1) is 0 Å². The van der Waals surface area contributed by atoms with Gasteiger partial charge in [0.05, 0.1) is 10.9 Å². The highest BCUT2D eigenvalue weighted by Gasteiger charge is 2.18. The lowest BCUT2D eigenvalue weighted by Gasteiger charge is -2.13. The number of carboxylic acids is 1. The molecule has 0 radical (unpaired) electrons. The van der Waals surface area contributed by atoms with Crippen LogP contribution in [0.15, 0.2) is 100 Å². The van der Waals surface area contributed by atoms with Gasteiger partial charge in [-0.1, -0.05) is 54.6 Å². The van der Waals surface area contributed by atoms with E-state index in [9.17, 15) is 19.5 Å². The zero-order valence-electron chi connectivity index (χ0n) is 17.2. The van der Waals surface area contributed by atoms with E-state index in [1.165, 1.54) is 6.07 Å². The molecule has 0 atom stereocenters. The maximum Gasteiger partial charge on any atom is 0.344 e. The summed E-state index contributed by atoms with van der Waals surface area (Å²) in [4.78, 5) is 37.2. The first-order chi connectivity index (χ1) is 16.0. The monoisotopic (exact) mass is 435 g/mol. The van der Waals surface area contributed by atoms with Crippen LogP contribution < -0.4 is 10.9 Å². The molecule has 0 saturated carbocycles. The Morgan fingerprint density at radius 2 is 1.30 bits per heavy atom. The Bertz CT molecular complexity index is 1620. The fourth-order valence-electron chi connectivity index (χ4n) is 3.98. The van der Waals surface area contributed by atoms with Gasteiger partial charge in [0.15, 0.2) is 0 Å². The minimum atomic E-state index is -1.07. The molecule has 160 valence electrons. The predicted octanol–water partition coefficient (Wildman–Crippen LogP) is 5.56. The van der Waals surface area contributed by atoms with Crippen molar-refractivity contribution in [2.45, 2.75) is 0 Å². The number of hydrogen-bond acceptors (Lipinski definition) is 4. The molecule has 0 spiro atoms. The fraction of sp³-hybridized carbons (Fsp3) is 0. The number of anilines is 1. The minimum absolute atomic E-state index is 0.108. The predicted molar refractivity (Wildman–Crippen MR) is 127 cm³/mol. The van der Waals surface area contributed by atoms with E-state index < -0.39 is 17.5 Å². The van der Waals surface area contributed by atoms with Gasteiger partial charge in [-0.05, 0) is 46.8 Å². The SMILES string of the molecule is O=C(O)c1ccccc1-c1ccccc1C(=O)Nc1ccc2c(c1)oc(=O)c1ccccc12. The average molecular weight is 435 g/mol. The van der Waals surface area contributed by atoms with Crippen LogP contribution in [0.5, 0.6) is 0 Å². The average Bonchev–Trinajstić information content (AvgIpc) is 2.84. The summed E-state index contributed by atoms with van der Waals surface area (Å²) in [5, 5.41) is 14.4. The first kappa shape index (κ1) is 20.2. The van der Waals surface area contributed by atoms with Gasteiger partial charge >= 0.3 is 11.6 Å². The fourth-order valence-corrected chi connectivity index (χ4v) is 3.98. The molecule has 1 aromatic heterocycles. The number of fused-ring (bicyclic) bond motifs is 3. The molecule has 1 amide bonds. The van der Waals surface area contributed by atoms with E-state index in [1.54, 1.807) is 72.8 Å². The number of amides is 1. The molecule has 0 aliphatic rings. The van der Waals surface area contributed by atoms with Crippen LogP contribution in [0.4, 0.5) is 5.69 Å². The largest absolute Gasteiger partial charge is 0.478 e.